The maximum absolute atomic E-state index is 14.5. The van der Waals surface area contributed by atoms with Crippen LogP contribution in [0, 0.1) is 29.9 Å². The van der Waals surface area contributed by atoms with Crippen LogP contribution in [0.5, 0.6) is 0 Å². The predicted molar refractivity (Wildman–Crippen MR) is 78.9 cm³/mol. The lowest BCUT2D eigenvalue weighted by Gasteiger charge is -2.41. The molecule has 3 heteroatoms. The second kappa shape index (κ2) is 5.80. The fraction of sp³-hybridized carbons (Fsp3) is 0.647. The molecule has 0 saturated heterocycles. The normalized spacial score (nSPS) is 25.7. The largest absolute Gasteiger partial charge is 0.319 e. The molecule has 0 aromatic heterocycles. The van der Waals surface area contributed by atoms with Crippen molar-refractivity contribution in [2.24, 2.45) is 11.3 Å². The molecule has 2 atom stereocenters. The number of halogens is 2. The van der Waals surface area contributed by atoms with Crippen LogP contribution in [0.3, 0.4) is 0 Å². The third kappa shape index (κ3) is 3.03. The topological polar surface area (TPSA) is 12.0 Å². The van der Waals surface area contributed by atoms with E-state index < -0.39 is 5.82 Å². The molecule has 0 radical (unpaired) electrons. The van der Waals surface area contributed by atoms with Crippen molar-refractivity contribution in [2.45, 2.75) is 46.0 Å². The molecule has 0 heterocycles. The Balaban J connectivity index is 2.42. The van der Waals surface area contributed by atoms with Gasteiger partial charge in [-0.1, -0.05) is 19.9 Å². The predicted octanol–water partition coefficient (Wildman–Crippen LogP) is 4.40. The molecule has 2 rings (SSSR count). The zero-order valence-corrected chi connectivity index (χ0v) is 12.9. The smallest absolute Gasteiger partial charge is 0.132 e. The lowest BCUT2D eigenvalue weighted by molar-refractivity contribution is 0.156. The van der Waals surface area contributed by atoms with E-state index in [1.165, 1.54) is 12.1 Å². The van der Waals surface area contributed by atoms with Crippen molar-refractivity contribution >= 4 is 0 Å². The molecule has 1 saturated carbocycles. The van der Waals surface area contributed by atoms with Gasteiger partial charge in [0.15, 0.2) is 0 Å². The summed E-state index contributed by atoms with van der Waals surface area (Å²) in [5.41, 5.74) is 0.989. The van der Waals surface area contributed by atoms with Crippen LogP contribution in [0.25, 0.3) is 0 Å². The van der Waals surface area contributed by atoms with E-state index in [2.05, 4.69) is 19.2 Å². The summed E-state index contributed by atoms with van der Waals surface area (Å²) in [6.07, 6.45) is 2.98. The Morgan fingerprint density at radius 3 is 2.65 bits per heavy atom. The fourth-order valence-electron chi connectivity index (χ4n) is 3.50. The summed E-state index contributed by atoms with van der Waals surface area (Å²) in [6.45, 7) is 6.91. The van der Waals surface area contributed by atoms with Crippen molar-refractivity contribution in [3.63, 3.8) is 0 Å². The first-order valence-electron chi connectivity index (χ1n) is 7.45. The summed E-state index contributed by atoms with van der Waals surface area (Å²) < 4.78 is 28.7. The van der Waals surface area contributed by atoms with Gasteiger partial charge in [-0.3, -0.25) is 0 Å². The number of hydrogen-bond acceptors (Lipinski definition) is 1. The van der Waals surface area contributed by atoms with Gasteiger partial charge in [-0.2, -0.15) is 0 Å². The van der Waals surface area contributed by atoms with Gasteiger partial charge in [0.2, 0.25) is 0 Å². The van der Waals surface area contributed by atoms with Gasteiger partial charge in [-0.15, -0.1) is 0 Å². The van der Waals surface area contributed by atoms with E-state index in [1.807, 2.05) is 7.05 Å². The molecule has 1 nitrogen and oxygen atoms in total. The molecule has 1 N–H and O–H groups in total. The Kier molecular flexibility index (Phi) is 4.48. The highest BCUT2D eigenvalue weighted by molar-refractivity contribution is 5.31. The number of rotatable bonds is 3. The first-order valence-corrected chi connectivity index (χ1v) is 7.45. The number of hydrogen-bond donors (Lipinski definition) is 1. The van der Waals surface area contributed by atoms with Crippen molar-refractivity contribution in [1.29, 1.82) is 0 Å². The molecule has 20 heavy (non-hydrogen) atoms. The van der Waals surface area contributed by atoms with Gasteiger partial charge >= 0.3 is 0 Å². The molecule has 1 aromatic carbocycles. The minimum absolute atomic E-state index is 0.0360. The van der Waals surface area contributed by atoms with Crippen molar-refractivity contribution in [3.05, 3.63) is 34.9 Å². The summed E-state index contributed by atoms with van der Waals surface area (Å²) in [6, 6.07) is 2.93. The maximum Gasteiger partial charge on any atom is 0.132 e. The first-order chi connectivity index (χ1) is 9.35. The van der Waals surface area contributed by atoms with E-state index in [0.29, 0.717) is 17.0 Å². The van der Waals surface area contributed by atoms with Crippen LogP contribution >= 0.6 is 0 Å². The fourth-order valence-corrected chi connectivity index (χ4v) is 3.50. The highest BCUT2D eigenvalue weighted by atomic mass is 19.1. The Morgan fingerprint density at radius 1 is 1.30 bits per heavy atom. The molecule has 0 amide bonds. The van der Waals surface area contributed by atoms with E-state index in [-0.39, 0.29) is 17.2 Å². The quantitative estimate of drug-likeness (QED) is 0.865. The molecule has 1 aliphatic carbocycles. The van der Waals surface area contributed by atoms with Crippen molar-refractivity contribution in [2.75, 3.05) is 13.6 Å². The second-order valence-electron chi connectivity index (χ2n) is 6.92. The SMILES string of the molecule is CNCC1CCC(C)(C)CC1c1c(F)ccc(C)c1F. The van der Waals surface area contributed by atoms with Crippen molar-refractivity contribution < 1.29 is 8.78 Å². The van der Waals surface area contributed by atoms with Gasteiger partial charge in [0.05, 0.1) is 0 Å². The van der Waals surface area contributed by atoms with Crippen LogP contribution in [-0.4, -0.2) is 13.6 Å². The zero-order chi connectivity index (χ0) is 14.9. The zero-order valence-electron chi connectivity index (χ0n) is 12.9. The van der Waals surface area contributed by atoms with E-state index in [9.17, 15) is 8.78 Å². The maximum atomic E-state index is 14.5. The van der Waals surface area contributed by atoms with Crippen LogP contribution in [0.4, 0.5) is 8.78 Å². The van der Waals surface area contributed by atoms with Crippen LogP contribution in [0.2, 0.25) is 0 Å². The third-order valence-electron chi connectivity index (χ3n) is 4.69. The van der Waals surface area contributed by atoms with Crippen LogP contribution in [0.15, 0.2) is 12.1 Å². The van der Waals surface area contributed by atoms with Gasteiger partial charge in [0, 0.05) is 5.56 Å². The summed E-state index contributed by atoms with van der Waals surface area (Å²) in [5.74, 6) is -0.476. The van der Waals surface area contributed by atoms with Crippen molar-refractivity contribution in [1.82, 2.24) is 5.32 Å². The monoisotopic (exact) mass is 281 g/mol. The van der Waals surface area contributed by atoms with Gasteiger partial charge in [-0.05, 0) is 68.7 Å². The molecular weight excluding hydrogens is 256 g/mol. The first kappa shape index (κ1) is 15.4. The second-order valence-corrected chi connectivity index (χ2v) is 6.92. The Morgan fingerprint density at radius 2 is 2.00 bits per heavy atom. The molecule has 1 aromatic rings. The number of aryl methyl sites for hydroxylation is 1. The van der Waals surface area contributed by atoms with Crippen LogP contribution < -0.4 is 5.32 Å². The molecule has 1 aliphatic rings. The van der Waals surface area contributed by atoms with E-state index in [4.69, 9.17) is 0 Å². The minimum Gasteiger partial charge on any atom is -0.319 e. The lowest BCUT2D eigenvalue weighted by Crippen LogP contribution is -2.34. The lowest BCUT2D eigenvalue weighted by atomic mass is 9.65. The van der Waals surface area contributed by atoms with Gasteiger partial charge in [-0.25, -0.2) is 8.78 Å². The molecule has 0 bridgehead atoms. The summed E-state index contributed by atoms with van der Waals surface area (Å²) in [5, 5.41) is 3.17. The Bertz CT molecular complexity index is 482. The van der Waals surface area contributed by atoms with Gasteiger partial charge in [0.1, 0.15) is 11.6 Å². The van der Waals surface area contributed by atoms with Gasteiger partial charge in [0.25, 0.3) is 0 Å². The summed E-state index contributed by atoms with van der Waals surface area (Å²) in [4.78, 5) is 0. The molecule has 2 unspecified atom stereocenters. The molecule has 1 fully saturated rings. The summed E-state index contributed by atoms with van der Waals surface area (Å²) in [7, 11) is 1.90. The van der Waals surface area contributed by atoms with Crippen molar-refractivity contribution in [3.8, 4) is 0 Å². The Hall–Kier alpha value is -0.960. The highest BCUT2D eigenvalue weighted by Gasteiger charge is 2.38. The Labute approximate surface area is 120 Å². The molecule has 0 aliphatic heterocycles. The third-order valence-corrected chi connectivity index (χ3v) is 4.69. The average molecular weight is 281 g/mol. The number of nitrogens with one attached hydrogen (secondary N) is 1. The molecule has 112 valence electrons. The average Bonchev–Trinajstić information content (AvgIpc) is 2.37. The van der Waals surface area contributed by atoms with Gasteiger partial charge < -0.3 is 5.32 Å². The number of benzene rings is 1. The van der Waals surface area contributed by atoms with E-state index in [1.54, 1.807) is 6.92 Å². The van der Waals surface area contributed by atoms with E-state index in [0.717, 1.165) is 25.8 Å². The van der Waals surface area contributed by atoms with Crippen LogP contribution in [-0.2, 0) is 0 Å². The van der Waals surface area contributed by atoms with Crippen LogP contribution in [0.1, 0.15) is 50.2 Å². The molecule has 0 spiro atoms. The summed E-state index contributed by atoms with van der Waals surface area (Å²) >= 11 is 0. The van der Waals surface area contributed by atoms with E-state index >= 15 is 0 Å². The highest BCUT2D eigenvalue weighted by Crippen LogP contribution is 2.47. The molecular formula is C17H25F2N. The minimum atomic E-state index is -0.392. The standard InChI is InChI=1S/C17H25F2N/c1-11-5-6-14(18)15(16(11)19)13-9-17(2,3)8-7-12(13)10-20-4/h5-6,12-13,20H,7-10H2,1-4H3.